The van der Waals surface area contributed by atoms with E-state index in [4.69, 9.17) is 9.26 Å². The lowest BCUT2D eigenvalue weighted by Gasteiger charge is -2.40. The number of hydrogen-bond acceptors (Lipinski definition) is 6. The maximum atomic E-state index is 13.1. The molecule has 0 N–H and O–H groups in total. The fourth-order valence-corrected chi connectivity index (χ4v) is 3.25. The van der Waals surface area contributed by atoms with E-state index in [1.807, 2.05) is 31.2 Å². The van der Waals surface area contributed by atoms with Crippen molar-refractivity contribution in [3.63, 3.8) is 0 Å². The number of aromatic nitrogens is 2. The Labute approximate surface area is 158 Å². The average molecular weight is 372 g/mol. The second-order valence-electron chi connectivity index (χ2n) is 6.78. The lowest BCUT2D eigenvalue weighted by Crippen LogP contribution is -2.53. The van der Waals surface area contributed by atoms with Crippen LogP contribution in [0.3, 0.4) is 0 Å². The molecule has 1 aliphatic rings. The zero-order valence-electron chi connectivity index (χ0n) is 16.0. The van der Waals surface area contributed by atoms with Crippen LogP contribution in [0.2, 0.25) is 0 Å². The molecule has 0 radical (unpaired) electrons. The second-order valence-corrected chi connectivity index (χ2v) is 6.78. The van der Waals surface area contributed by atoms with Gasteiger partial charge in [-0.25, -0.2) is 0 Å². The van der Waals surface area contributed by atoms with E-state index in [9.17, 15) is 9.59 Å². The molecule has 8 heteroatoms. The summed E-state index contributed by atoms with van der Waals surface area (Å²) in [7, 11) is 3.42. The van der Waals surface area contributed by atoms with Crippen molar-refractivity contribution in [1.29, 1.82) is 0 Å². The van der Waals surface area contributed by atoms with Crippen LogP contribution in [0.5, 0.6) is 0 Å². The molecule has 1 aromatic heterocycles. The first kappa shape index (κ1) is 19.0. The molecule has 1 fully saturated rings. The topological polar surface area (TPSA) is 88.8 Å². The lowest BCUT2D eigenvalue weighted by atomic mass is 9.93. The van der Waals surface area contributed by atoms with Gasteiger partial charge in [-0.05, 0) is 18.1 Å². The summed E-state index contributed by atoms with van der Waals surface area (Å²) in [5.41, 5.74) is 1.92. The Morgan fingerprint density at radius 1 is 1.33 bits per heavy atom. The van der Waals surface area contributed by atoms with Crippen molar-refractivity contribution in [2.45, 2.75) is 32.4 Å². The van der Waals surface area contributed by atoms with Crippen LogP contribution in [0.1, 0.15) is 28.9 Å². The van der Waals surface area contributed by atoms with Crippen molar-refractivity contribution in [1.82, 2.24) is 19.9 Å². The largest absolute Gasteiger partial charge is 0.356 e. The van der Waals surface area contributed by atoms with E-state index in [2.05, 4.69) is 10.1 Å². The molecule has 2 heterocycles. The fraction of sp³-hybridized carbons (Fsp3) is 0.474. The number of carbonyl (C=O) groups is 2. The number of carbonyl (C=O) groups excluding carboxylic acids is 2. The van der Waals surface area contributed by atoms with Crippen molar-refractivity contribution in [3.05, 3.63) is 47.1 Å². The molecule has 8 nitrogen and oxygen atoms in total. The van der Waals surface area contributed by atoms with Crippen LogP contribution in [-0.2, 0) is 20.7 Å². The number of rotatable bonds is 5. The number of hydrogen-bond donors (Lipinski definition) is 0. The van der Waals surface area contributed by atoms with Crippen molar-refractivity contribution in [2.75, 3.05) is 27.2 Å². The Kier molecular flexibility index (Phi) is 5.55. The molecule has 0 bridgehead atoms. The van der Waals surface area contributed by atoms with E-state index in [1.165, 1.54) is 0 Å². The molecule has 0 saturated carbocycles. The van der Waals surface area contributed by atoms with Gasteiger partial charge in [0.25, 0.3) is 5.91 Å². The summed E-state index contributed by atoms with van der Waals surface area (Å²) in [5, 5.41) is 3.85. The van der Waals surface area contributed by atoms with Crippen molar-refractivity contribution < 1.29 is 18.8 Å². The maximum Gasteiger partial charge on any atom is 0.254 e. The molecule has 2 unspecified atom stereocenters. The summed E-state index contributed by atoms with van der Waals surface area (Å²) in [4.78, 5) is 32.6. The van der Waals surface area contributed by atoms with Gasteiger partial charge >= 0.3 is 0 Å². The summed E-state index contributed by atoms with van der Waals surface area (Å²) in [6.45, 7) is 4.01. The number of ether oxygens (including phenoxy) is 1. The lowest BCUT2D eigenvalue weighted by molar-refractivity contribution is -0.166. The highest BCUT2D eigenvalue weighted by molar-refractivity contribution is 5.86. The van der Waals surface area contributed by atoms with Crippen LogP contribution in [0.15, 0.2) is 28.8 Å². The van der Waals surface area contributed by atoms with E-state index in [0.29, 0.717) is 24.7 Å². The standard InChI is InChI=1S/C19H24N4O4/c1-12-7-5-6-8-14(12)17-18(26-11-16(24)23(17)4)19(25)22(3)10-9-15-20-13(2)27-21-15/h5-8,17-18H,9-11H2,1-4H3. The first-order valence-corrected chi connectivity index (χ1v) is 8.85. The second kappa shape index (κ2) is 7.87. The Morgan fingerprint density at radius 3 is 2.74 bits per heavy atom. The van der Waals surface area contributed by atoms with E-state index in [-0.39, 0.29) is 18.4 Å². The van der Waals surface area contributed by atoms with Crippen LogP contribution < -0.4 is 0 Å². The van der Waals surface area contributed by atoms with Gasteiger partial charge in [-0.15, -0.1) is 0 Å². The van der Waals surface area contributed by atoms with Gasteiger partial charge in [0.1, 0.15) is 6.61 Å². The van der Waals surface area contributed by atoms with Crippen LogP contribution >= 0.6 is 0 Å². The molecule has 27 heavy (non-hydrogen) atoms. The molecule has 3 rings (SSSR count). The highest BCUT2D eigenvalue weighted by Gasteiger charge is 2.41. The summed E-state index contributed by atoms with van der Waals surface area (Å²) in [5.74, 6) is 0.730. The van der Waals surface area contributed by atoms with E-state index < -0.39 is 12.1 Å². The molecular weight excluding hydrogens is 348 g/mol. The molecule has 0 spiro atoms. The summed E-state index contributed by atoms with van der Waals surface area (Å²) < 4.78 is 10.6. The molecule has 1 saturated heterocycles. The summed E-state index contributed by atoms with van der Waals surface area (Å²) in [6, 6.07) is 7.27. The van der Waals surface area contributed by atoms with Gasteiger partial charge in [0.15, 0.2) is 11.9 Å². The summed E-state index contributed by atoms with van der Waals surface area (Å²) in [6.07, 6.45) is -0.276. The van der Waals surface area contributed by atoms with Crippen molar-refractivity contribution in [3.8, 4) is 0 Å². The molecule has 1 aliphatic heterocycles. The van der Waals surface area contributed by atoms with Gasteiger partial charge in [0.05, 0.1) is 6.04 Å². The number of morpholine rings is 1. The Morgan fingerprint density at radius 2 is 2.07 bits per heavy atom. The maximum absolute atomic E-state index is 13.1. The monoisotopic (exact) mass is 372 g/mol. The van der Waals surface area contributed by atoms with Crippen molar-refractivity contribution >= 4 is 11.8 Å². The van der Waals surface area contributed by atoms with Gasteiger partial charge in [0, 0.05) is 34.0 Å². The van der Waals surface area contributed by atoms with Gasteiger partial charge in [-0.3, -0.25) is 9.59 Å². The number of benzene rings is 1. The Bertz CT molecular complexity index is 835. The third-order valence-electron chi connectivity index (χ3n) is 4.85. The zero-order valence-corrected chi connectivity index (χ0v) is 16.0. The first-order chi connectivity index (χ1) is 12.9. The highest BCUT2D eigenvalue weighted by Crippen LogP contribution is 2.31. The smallest absolute Gasteiger partial charge is 0.254 e. The molecule has 2 aromatic rings. The highest BCUT2D eigenvalue weighted by atomic mass is 16.5. The number of aryl methyl sites for hydroxylation is 2. The molecule has 2 atom stereocenters. The molecule has 144 valence electrons. The third-order valence-corrected chi connectivity index (χ3v) is 4.85. The van der Waals surface area contributed by atoms with Gasteiger partial charge in [0.2, 0.25) is 11.8 Å². The minimum atomic E-state index is -0.759. The summed E-state index contributed by atoms with van der Waals surface area (Å²) >= 11 is 0. The van der Waals surface area contributed by atoms with Gasteiger partial charge < -0.3 is 19.1 Å². The normalized spacial score (nSPS) is 20.0. The zero-order chi connectivity index (χ0) is 19.6. The van der Waals surface area contributed by atoms with Crippen molar-refractivity contribution in [2.24, 2.45) is 0 Å². The Balaban J connectivity index is 1.78. The number of nitrogens with zero attached hydrogens (tertiary/aromatic N) is 4. The van der Waals surface area contributed by atoms with Gasteiger partial charge in [-0.1, -0.05) is 29.4 Å². The van der Waals surface area contributed by atoms with E-state index >= 15 is 0 Å². The molecular formula is C19H24N4O4. The molecule has 2 amide bonds. The predicted octanol–water partition coefficient (Wildman–Crippen LogP) is 1.29. The van der Waals surface area contributed by atoms with Crippen LogP contribution in [0.4, 0.5) is 0 Å². The van der Waals surface area contributed by atoms with Crippen LogP contribution in [-0.4, -0.2) is 65.1 Å². The van der Waals surface area contributed by atoms with E-state index in [0.717, 1.165) is 11.1 Å². The van der Waals surface area contributed by atoms with Gasteiger partial charge in [-0.2, -0.15) is 4.98 Å². The van der Waals surface area contributed by atoms with Crippen LogP contribution in [0, 0.1) is 13.8 Å². The number of likely N-dealkylation sites (N-methyl/N-ethyl adjacent to an activating group) is 2. The third kappa shape index (κ3) is 4.00. The quantitative estimate of drug-likeness (QED) is 0.786. The first-order valence-electron chi connectivity index (χ1n) is 8.85. The minimum Gasteiger partial charge on any atom is -0.356 e. The predicted molar refractivity (Wildman–Crippen MR) is 96.8 cm³/mol. The average Bonchev–Trinajstić information content (AvgIpc) is 3.07. The molecule has 1 aromatic carbocycles. The SMILES string of the molecule is Cc1nc(CCN(C)C(=O)C2OCC(=O)N(C)C2c2ccccc2C)no1. The minimum absolute atomic E-state index is 0.104. The number of amides is 2. The Hall–Kier alpha value is -2.74. The van der Waals surface area contributed by atoms with E-state index in [1.54, 1.807) is 30.8 Å². The van der Waals surface area contributed by atoms with Crippen LogP contribution in [0.25, 0.3) is 0 Å². The molecule has 0 aliphatic carbocycles. The fourth-order valence-electron chi connectivity index (χ4n) is 3.25.